The molecule has 0 saturated carbocycles. The molecule has 1 N–H and O–H groups in total. The van der Waals surface area contributed by atoms with Crippen LogP contribution in [0.5, 0.6) is 0 Å². The summed E-state index contributed by atoms with van der Waals surface area (Å²) in [6.07, 6.45) is 0.431. The lowest BCUT2D eigenvalue weighted by Gasteiger charge is -2.32. The Morgan fingerprint density at radius 2 is 1.61 bits per heavy atom. The van der Waals surface area contributed by atoms with Crippen molar-refractivity contribution in [1.82, 2.24) is 4.90 Å². The molecule has 0 aliphatic heterocycles. The molecular weight excluding hydrogens is 446 g/mol. The first-order valence-electron chi connectivity index (χ1n) is 12.5. The fourth-order valence-corrected chi connectivity index (χ4v) is 4.34. The monoisotopic (exact) mass is 485 g/mol. The maximum absolute atomic E-state index is 13.9. The van der Waals surface area contributed by atoms with Crippen LogP contribution < -0.4 is 10.2 Å². The van der Waals surface area contributed by atoms with E-state index in [1.807, 2.05) is 112 Å². The first-order valence-corrected chi connectivity index (χ1v) is 12.5. The fraction of sp³-hybridized carbons (Fsp3) is 0.355. The number of rotatable bonds is 8. The maximum atomic E-state index is 13.9. The summed E-state index contributed by atoms with van der Waals surface area (Å²) in [5.74, 6) is -0.0432. The molecule has 190 valence electrons. The smallest absolute Gasteiger partial charge is 0.254 e. The van der Waals surface area contributed by atoms with Crippen LogP contribution >= 0.6 is 0 Å². The quantitative estimate of drug-likeness (QED) is 0.380. The lowest BCUT2D eigenvalue weighted by atomic mass is 9.92. The van der Waals surface area contributed by atoms with Crippen LogP contribution in [0.25, 0.3) is 0 Å². The number of hydrogen-bond acceptors (Lipinski definition) is 3. The zero-order chi connectivity index (χ0) is 26.5. The van der Waals surface area contributed by atoms with Crippen molar-refractivity contribution in [3.05, 3.63) is 95.1 Å². The number of nitrogens with one attached hydrogen (secondary N) is 1. The van der Waals surface area contributed by atoms with E-state index in [1.165, 1.54) is 0 Å². The number of hydrogen-bond donors (Lipinski definition) is 1. The Bertz CT molecular complexity index is 1200. The van der Waals surface area contributed by atoms with E-state index >= 15 is 0 Å². The Hall–Kier alpha value is -3.60. The van der Waals surface area contributed by atoms with Crippen molar-refractivity contribution in [2.75, 3.05) is 24.3 Å². The Morgan fingerprint density at radius 3 is 2.22 bits per heavy atom. The summed E-state index contributed by atoms with van der Waals surface area (Å²) in [5.41, 5.74) is 5.39. The van der Waals surface area contributed by atoms with Gasteiger partial charge in [-0.1, -0.05) is 68.8 Å². The van der Waals surface area contributed by atoms with E-state index in [9.17, 15) is 9.59 Å². The van der Waals surface area contributed by atoms with E-state index < -0.39 is 0 Å². The topological polar surface area (TPSA) is 52.7 Å². The lowest BCUT2D eigenvalue weighted by Crippen LogP contribution is -2.34. The number of anilines is 2. The van der Waals surface area contributed by atoms with E-state index in [-0.39, 0.29) is 23.3 Å². The molecule has 5 nitrogen and oxygen atoms in total. The van der Waals surface area contributed by atoms with Crippen molar-refractivity contribution < 1.29 is 9.59 Å². The van der Waals surface area contributed by atoms with Gasteiger partial charge < -0.3 is 15.1 Å². The molecule has 36 heavy (non-hydrogen) atoms. The van der Waals surface area contributed by atoms with Gasteiger partial charge in [-0.05, 0) is 60.7 Å². The van der Waals surface area contributed by atoms with Gasteiger partial charge in [0.1, 0.15) is 0 Å². The number of benzene rings is 3. The van der Waals surface area contributed by atoms with Gasteiger partial charge in [-0.3, -0.25) is 9.59 Å². The second-order valence-electron chi connectivity index (χ2n) is 10.9. The Morgan fingerprint density at radius 1 is 0.917 bits per heavy atom. The average Bonchev–Trinajstić information content (AvgIpc) is 2.81. The molecule has 2 amide bonds. The number of carbonyl (C=O) groups excluding carboxylic acids is 2. The normalized spacial score (nSPS) is 12.1. The maximum Gasteiger partial charge on any atom is 0.254 e. The van der Waals surface area contributed by atoms with E-state index in [4.69, 9.17) is 0 Å². The average molecular weight is 486 g/mol. The van der Waals surface area contributed by atoms with Gasteiger partial charge in [-0.25, -0.2) is 0 Å². The van der Waals surface area contributed by atoms with Crippen LogP contribution in [0.4, 0.5) is 11.4 Å². The van der Waals surface area contributed by atoms with Crippen LogP contribution in [0.2, 0.25) is 0 Å². The van der Waals surface area contributed by atoms with E-state index in [2.05, 4.69) is 24.4 Å². The van der Waals surface area contributed by atoms with E-state index in [1.54, 1.807) is 0 Å². The number of amides is 2. The third-order valence-electron chi connectivity index (χ3n) is 6.15. The molecule has 3 aromatic carbocycles. The highest BCUT2D eigenvalue weighted by molar-refractivity contribution is 5.95. The zero-order valence-corrected chi connectivity index (χ0v) is 22.6. The first-order chi connectivity index (χ1) is 16.9. The summed E-state index contributed by atoms with van der Waals surface area (Å²) in [4.78, 5) is 30.4. The van der Waals surface area contributed by atoms with E-state index in [0.29, 0.717) is 18.5 Å². The molecule has 0 saturated heterocycles. The summed E-state index contributed by atoms with van der Waals surface area (Å²) < 4.78 is 0. The third kappa shape index (κ3) is 7.20. The molecule has 0 aliphatic carbocycles. The predicted molar refractivity (Wildman–Crippen MR) is 149 cm³/mol. The Kier molecular flexibility index (Phi) is 8.57. The van der Waals surface area contributed by atoms with Crippen molar-refractivity contribution in [3.8, 4) is 0 Å². The van der Waals surface area contributed by atoms with Crippen molar-refractivity contribution in [2.24, 2.45) is 5.41 Å². The molecule has 5 heteroatoms. The first kappa shape index (κ1) is 27.0. The molecule has 3 aromatic rings. The second kappa shape index (κ2) is 11.4. The fourth-order valence-electron chi connectivity index (χ4n) is 4.34. The SMILES string of the molecule is Cc1cccc(C(=O)N(Cc2cc(NC(=O)CC(C)(C)C)ccc2N(C)C)[C@H](C)c2ccccc2)c1. The number of nitrogens with zero attached hydrogens (tertiary/aromatic N) is 2. The summed E-state index contributed by atoms with van der Waals surface area (Å²) in [6, 6.07) is 23.6. The van der Waals surface area contributed by atoms with Crippen LogP contribution in [-0.4, -0.2) is 30.8 Å². The molecule has 0 aromatic heterocycles. The molecular formula is C31H39N3O2. The highest BCUT2D eigenvalue weighted by Crippen LogP contribution is 2.30. The molecule has 0 unspecified atom stereocenters. The van der Waals surface area contributed by atoms with Gasteiger partial charge in [0.25, 0.3) is 5.91 Å². The van der Waals surface area contributed by atoms with Crippen LogP contribution in [-0.2, 0) is 11.3 Å². The molecule has 0 spiro atoms. The second-order valence-corrected chi connectivity index (χ2v) is 10.9. The van der Waals surface area contributed by atoms with Crippen molar-refractivity contribution in [3.63, 3.8) is 0 Å². The molecule has 0 heterocycles. The highest BCUT2D eigenvalue weighted by atomic mass is 16.2. The van der Waals surface area contributed by atoms with Gasteiger partial charge in [-0.2, -0.15) is 0 Å². The standard InChI is InChI=1S/C31H39N3O2/c1-22-12-11-15-25(18-22)30(36)34(23(2)24-13-9-8-10-14-24)21-26-19-27(16-17-28(26)33(6)7)32-29(35)20-31(3,4)5/h8-19,23H,20-21H2,1-7H3,(H,32,35)/t23-/m1/s1. The zero-order valence-electron chi connectivity index (χ0n) is 22.6. The summed E-state index contributed by atoms with van der Waals surface area (Å²) in [7, 11) is 3.98. The minimum atomic E-state index is -0.145. The van der Waals surface area contributed by atoms with Crippen molar-refractivity contribution >= 4 is 23.2 Å². The summed E-state index contributed by atoms with van der Waals surface area (Å²) in [6.45, 7) is 10.6. The number of aryl methyl sites for hydroxylation is 1. The van der Waals surface area contributed by atoms with Gasteiger partial charge >= 0.3 is 0 Å². The number of carbonyl (C=O) groups is 2. The van der Waals surface area contributed by atoms with Gasteiger partial charge in [0, 0.05) is 44.0 Å². The Labute approximate surface area is 216 Å². The summed E-state index contributed by atoms with van der Waals surface area (Å²) >= 11 is 0. The van der Waals surface area contributed by atoms with Gasteiger partial charge in [0.15, 0.2) is 0 Å². The predicted octanol–water partition coefficient (Wildman–Crippen LogP) is 6.84. The Balaban J connectivity index is 2.00. The van der Waals surface area contributed by atoms with E-state index in [0.717, 1.165) is 28.1 Å². The minimum absolute atomic E-state index is 0.0172. The van der Waals surface area contributed by atoms with Gasteiger partial charge in [0.2, 0.25) is 5.91 Å². The summed E-state index contributed by atoms with van der Waals surface area (Å²) in [5, 5.41) is 3.05. The van der Waals surface area contributed by atoms with Crippen LogP contribution in [0, 0.1) is 12.3 Å². The van der Waals surface area contributed by atoms with Crippen LogP contribution in [0.15, 0.2) is 72.8 Å². The molecule has 0 fully saturated rings. The van der Waals surface area contributed by atoms with Crippen LogP contribution in [0.1, 0.15) is 67.2 Å². The van der Waals surface area contributed by atoms with Crippen molar-refractivity contribution in [2.45, 2.75) is 53.6 Å². The minimum Gasteiger partial charge on any atom is -0.377 e. The van der Waals surface area contributed by atoms with Gasteiger partial charge in [0.05, 0.1) is 6.04 Å². The van der Waals surface area contributed by atoms with Crippen molar-refractivity contribution in [1.29, 1.82) is 0 Å². The third-order valence-corrected chi connectivity index (χ3v) is 6.15. The molecule has 0 bridgehead atoms. The molecule has 3 rings (SSSR count). The lowest BCUT2D eigenvalue weighted by molar-refractivity contribution is -0.117. The molecule has 0 radical (unpaired) electrons. The largest absolute Gasteiger partial charge is 0.377 e. The molecule has 0 aliphatic rings. The highest BCUT2D eigenvalue weighted by Gasteiger charge is 2.25. The van der Waals surface area contributed by atoms with Crippen LogP contribution in [0.3, 0.4) is 0 Å². The molecule has 1 atom stereocenters. The van der Waals surface area contributed by atoms with Gasteiger partial charge in [-0.15, -0.1) is 0 Å².